The van der Waals surface area contributed by atoms with Crippen molar-refractivity contribution in [1.29, 1.82) is 0 Å². The van der Waals surface area contributed by atoms with Gasteiger partial charge in [-0.05, 0) is 12.1 Å². The first-order valence-corrected chi connectivity index (χ1v) is 10.7. The van der Waals surface area contributed by atoms with Crippen molar-refractivity contribution in [2.24, 2.45) is 5.73 Å². The van der Waals surface area contributed by atoms with Gasteiger partial charge in [-0.1, -0.05) is 34.9 Å². The summed E-state index contributed by atoms with van der Waals surface area (Å²) < 4.78 is 12.0. The molecule has 1 aromatic carbocycles. The van der Waals surface area contributed by atoms with Gasteiger partial charge in [0, 0.05) is 11.8 Å². The van der Waals surface area contributed by atoms with Crippen molar-refractivity contribution in [2.75, 3.05) is 30.0 Å². The summed E-state index contributed by atoms with van der Waals surface area (Å²) in [6.45, 7) is 0.916. The second-order valence-corrected chi connectivity index (χ2v) is 8.66. The van der Waals surface area contributed by atoms with Gasteiger partial charge in [0.2, 0.25) is 11.8 Å². The molecule has 28 heavy (non-hydrogen) atoms. The number of anilines is 1. The average Bonchev–Trinajstić information content (AvgIpc) is 3.12. The minimum absolute atomic E-state index is 0.0102. The van der Waals surface area contributed by atoms with Crippen LogP contribution in [-0.2, 0) is 9.59 Å². The number of primary amides is 1. The molecular formula is C15H15N5O5S3. The van der Waals surface area contributed by atoms with Crippen LogP contribution in [0.15, 0.2) is 26.9 Å². The summed E-state index contributed by atoms with van der Waals surface area (Å²) in [6, 6.07) is 4.31. The van der Waals surface area contributed by atoms with Gasteiger partial charge >= 0.3 is 6.03 Å². The number of nitrogens with one attached hydrogen (secondary N) is 2. The van der Waals surface area contributed by atoms with Crippen LogP contribution >= 0.6 is 34.9 Å². The van der Waals surface area contributed by atoms with E-state index in [1.165, 1.54) is 23.1 Å². The zero-order valence-corrected chi connectivity index (χ0v) is 16.7. The maximum Gasteiger partial charge on any atom is 0.325 e. The third kappa shape index (κ3) is 6.00. The highest BCUT2D eigenvalue weighted by Crippen LogP contribution is 2.32. The van der Waals surface area contributed by atoms with Crippen molar-refractivity contribution in [3.63, 3.8) is 0 Å². The summed E-state index contributed by atoms with van der Waals surface area (Å²) in [7, 11) is 0. The van der Waals surface area contributed by atoms with Gasteiger partial charge in [0.15, 0.2) is 20.2 Å². The Balaban J connectivity index is 1.43. The Labute approximate surface area is 171 Å². The summed E-state index contributed by atoms with van der Waals surface area (Å²) >= 11 is 3.56. The van der Waals surface area contributed by atoms with E-state index in [1.54, 1.807) is 18.2 Å². The number of carbonyl (C=O) groups is 3. The van der Waals surface area contributed by atoms with Gasteiger partial charge in [-0.25, -0.2) is 4.79 Å². The lowest BCUT2D eigenvalue weighted by molar-refractivity contribution is -0.117. The molecular weight excluding hydrogens is 426 g/mol. The number of ether oxygens (including phenoxy) is 2. The Hall–Kier alpha value is -2.51. The number of nitrogens with two attached hydrogens (primary N) is 1. The number of carbonyl (C=O) groups excluding carboxylic acids is 3. The maximum absolute atomic E-state index is 12.0. The lowest BCUT2D eigenvalue weighted by Crippen LogP contribution is -2.35. The molecule has 4 amide bonds. The molecule has 0 saturated carbocycles. The van der Waals surface area contributed by atoms with E-state index in [-0.39, 0.29) is 11.5 Å². The number of hydrogen-bond acceptors (Lipinski definition) is 10. The lowest BCUT2D eigenvalue weighted by atomic mass is 10.2. The molecule has 0 aliphatic carbocycles. The smallest absolute Gasteiger partial charge is 0.325 e. The molecule has 2 aromatic rings. The Morgan fingerprint density at radius 3 is 2.46 bits per heavy atom. The average molecular weight is 442 g/mol. The van der Waals surface area contributed by atoms with Crippen LogP contribution in [0.5, 0.6) is 11.5 Å². The van der Waals surface area contributed by atoms with Crippen molar-refractivity contribution in [1.82, 2.24) is 15.5 Å². The maximum atomic E-state index is 12.0. The number of hydrogen-bond donors (Lipinski definition) is 3. The van der Waals surface area contributed by atoms with Gasteiger partial charge in [-0.3, -0.25) is 14.9 Å². The first-order chi connectivity index (χ1) is 13.5. The van der Waals surface area contributed by atoms with E-state index in [1.807, 2.05) is 0 Å². The van der Waals surface area contributed by atoms with Gasteiger partial charge in [-0.2, -0.15) is 0 Å². The first-order valence-electron chi connectivity index (χ1n) is 7.87. The van der Waals surface area contributed by atoms with Gasteiger partial charge in [0.05, 0.1) is 11.5 Å². The number of rotatable bonds is 7. The molecule has 0 fully saturated rings. The highest BCUT2D eigenvalue weighted by molar-refractivity contribution is 8.03. The molecule has 0 unspecified atom stereocenters. The molecule has 4 N–H and O–H groups in total. The molecule has 2 heterocycles. The van der Waals surface area contributed by atoms with Crippen molar-refractivity contribution >= 4 is 58.4 Å². The zero-order chi connectivity index (χ0) is 19.9. The molecule has 0 radical (unpaired) electrons. The number of thioether (sulfide) groups is 2. The van der Waals surface area contributed by atoms with Crippen LogP contribution in [0.4, 0.5) is 10.5 Å². The number of benzene rings is 1. The van der Waals surface area contributed by atoms with Crippen LogP contribution in [0.3, 0.4) is 0 Å². The number of fused-ring (bicyclic) bond motifs is 1. The molecule has 148 valence electrons. The predicted molar refractivity (Wildman–Crippen MR) is 105 cm³/mol. The Morgan fingerprint density at radius 2 is 1.75 bits per heavy atom. The van der Waals surface area contributed by atoms with Crippen LogP contribution in [0.2, 0.25) is 0 Å². The number of aromatic nitrogens is 2. The molecule has 13 heteroatoms. The standard InChI is InChI=1S/C15H15N5O5S3/c16-11(21)6-26-14-19-20-15(28-14)27-7-12(22)18-13(23)17-8-1-2-9-10(5-8)25-4-3-24-9/h1-2,5H,3-4,6-7H2,(H2,16,21)(H2,17,18,22,23). The molecule has 10 nitrogen and oxygen atoms in total. The minimum Gasteiger partial charge on any atom is -0.486 e. The van der Waals surface area contributed by atoms with E-state index in [4.69, 9.17) is 15.2 Å². The Morgan fingerprint density at radius 1 is 1.07 bits per heavy atom. The number of imide groups is 1. The Kier molecular flexibility index (Phi) is 6.95. The second kappa shape index (κ2) is 9.61. The zero-order valence-electron chi connectivity index (χ0n) is 14.3. The summed E-state index contributed by atoms with van der Waals surface area (Å²) in [5.41, 5.74) is 5.54. The first kappa shape index (κ1) is 20.2. The summed E-state index contributed by atoms with van der Waals surface area (Å²) in [4.78, 5) is 34.6. The predicted octanol–water partition coefficient (Wildman–Crippen LogP) is 1.33. The van der Waals surface area contributed by atoms with Crippen LogP contribution in [-0.4, -0.2) is 52.8 Å². The molecule has 0 bridgehead atoms. The quantitative estimate of drug-likeness (QED) is 0.542. The summed E-state index contributed by atoms with van der Waals surface area (Å²) in [5.74, 6) is 0.311. The van der Waals surface area contributed by atoms with Crippen molar-refractivity contribution in [3.8, 4) is 11.5 Å². The number of amides is 4. The largest absolute Gasteiger partial charge is 0.486 e. The van der Waals surface area contributed by atoms with Gasteiger partial charge in [0.25, 0.3) is 0 Å². The molecule has 1 aromatic heterocycles. The lowest BCUT2D eigenvalue weighted by Gasteiger charge is -2.19. The fourth-order valence-corrected chi connectivity index (χ4v) is 4.58. The Bertz CT molecular complexity index is 891. The monoisotopic (exact) mass is 441 g/mol. The fourth-order valence-electron chi connectivity index (χ4n) is 2.02. The third-order valence-corrected chi connectivity index (χ3v) is 6.32. The van der Waals surface area contributed by atoms with E-state index in [2.05, 4.69) is 20.8 Å². The highest BCUT2D eigenvalue weighted by atomic mass is 32.2. The molecule has 1 aliphatic heterocycles. The minimum atomic E-state index is -0.655. The van der Waals surface area contributed by atoms with E-state index >= 15 is 0 Å². The molecule has 3 rings (SSSR count). The molecule has 0 spiro atoms. The topological polar surface area (TPSA) is 146 Å². The highest BCUT2D eigenvalue weighted by Gasteiger charge is 2.15. The van der Waals surface area contributed by atoms with Gasteiger partial charge < -0.3 is 20.5 Å². The third-order valence-electron chi connectivity index (χ3n) is 3.11. The number of nitrogens with zero attached hydrogens (tertiary/aromatic N) is 2. The van der Waals surface area contributed by atoms with Crippen molar-refractivity contribution in [3.05, 3.63) is 18.2 Å². The fraction of sp³-hybridized carbons (Fsp3) is 0.267. The van der Waals surface area contributed by atoms with Crippen LogP contribution in [0, 0.1) is 0 Å². The van der Waals surface area contributed by atoms with Crippen LogP contribution in [0.1, 0.15) is 0 Å². The van der Waals surface area contributed by atoms with Crippen LogP contribution in [0.25, 0.3) is 0 Å². The van der Waals surface area contributed by atoms with E-state index in [0.717, 1.165) is 11.8 Å². The molecule has 0 saturated heterocycles. The van der Waals surface area contributed by atoms with E-state index < -0.39 is 17.8 Å². The summed E-state index contributed by atoms with van der Waals surface area (Å²) in [6.07, 6.45) is 0. The van der Waals surface area contributed by atoms with Gasteiger partial charge in [-0.15, -0.1) is 10.2 Å². The van der Waals surface area contributed by atoms with Crippen LogP contribution < -0.4 is 25.8 Å². The molecule has 0 atom stereocenters. The van der Waals surface area contributed by atoms with E-state index in [9.17, 15) is 14.4 Å². The SMILES string of the molecule is NC(=O)CSc1nnc(SCC(=O)NC(=O)Nc2ccc3c(c2)OCCO3)s1. The normalized spacial score (nSPS) is 12.3. The van der Waals surface area contributed by atoms with E-state index in [0.29, 0.717) is 39.1 Å². The molecule has 1 aliphatic rings. The second-order valence-electron chi connectivity index (χ2n) is 5.24. The van der Waals surface area contributed by atoms with Crippen molar-refractivity contribution in [2.45, 2.75) is 8.68 Å². The summed E-state index contributed by atoms with van der Waals surface area (Å²) in [5, 5.41) is 12.6. The van der Waals surface area contributed by atoms with Crippen molar-refractivity contribution < 1.29 is 23.9 Å². The number of urea groups is 1. The van der Waals surface area contributed by atoms with Gasteiger partial charge in [0.1, 0.15) is 13.2 Å².